The molecular formula is C9H8F3NO. The molecule has 0 spiro atoms. The Morgan fingerprint density at radius 1 is 1.14 bits per heavy atom. The van der Waals surface area contributed by atoms with E-state index < -0.39 is 6.18 Å². The lowest BCUT2D eigenvalue weighted by Gasteiger charge is -2.01. The smallest absolute Gasteiger partial charge is 0.412 e. The van der Waals surface area contributed by atoms with Crippen LogP contribution in [0.1, 0.15) is 0 Å². The number of rotatable bonds is 2. The second-order valence-electron chi connectivity index (χ2n) is 2.53. The minimum Gasteiger partial charge on any atom is -0.465 e. The third-order valence-corrected chi connectivity index (χ3v) is 1.34. The van der Waals surface area contributed by atoms with E-state index in [1.807, 2.05) is 0 Å². The van der Waals surface area contributed by atoms with Crippen molar-refractivity contribution in [1.82, 2.24) is 0 Å². The van der Waals surface area contributed by atoms with Gasteiger partial charge in [-0.15, -0.1) is 0 Å². The van der Waals surface area contributed by atoms with Crippen LogP contribution in [0.3, 0.4) is 0 Å². The van der Waals surface area contributed by atoms with Crippen molar-refractivity contribution in [3.63, 3.8) is 0 Å². The molecule has 0 radical (unpaired) electrons. The van der Waals surface area contributed by atoms with E-state index in [4.69, 9.17) is 5.73 Å². The van der Waals surface area contributed by atoms with E-state index in [9.17, 15) is 13.2 Å². The van der Waals surface area contributed by atoms with Gasteiger partial charge in [0.15, 0.2) is 0 Å². The van der Waals surface area contributed by atoms with E-state index in [0.29, 0.717) is 17.7 Å². The molecule has 0 amide bonds. The SMILES string of the molecule is Nc1ccc(O/C=C\C(F)(F)F)cc1. The first-order chi connectivity index (χ1) is 6.47. The summed E-state index contributed by atoms with van der Waals surface area (Å²) in [4.78, 5) is 0. The number of allylic oxidation sites excluding steroid dienone is 1. The molecule has 1 aromatic rings. The zero-order valence-electron chi connectivity index (χ0n) is 7.08. The molecule has 0 bridgehead atoms. The van der Waals surface area contributed by atoms with Gasteiger partial charge < -0.3 is 10.5 Å². The fourth-order valence-electron chi connectivity index (χ4n) is 0.736. The van der Waals surface area contributed by atoms with Crippen LogP contribution in [0.5, 0.6) is 5.75 Å². The zero-order valence-corrected chi connectivity index (χ0v) is 7.08. The van der Waals surface area contributed by atoms with Crippen molar-refractivity contribution in [3.05, 3.63) is 36.6 Å². The highest BCUT2D eigenvalue weighted by molar-refractivity contribution is 5.41. The van der Waals surface area contributed by atoms with Crippen molar-refractivity contribution in [1.29, 1.82) is 0 Å². The van der Waals surface area contributed by atoms with E-state index >= 15 is 0 Å². The Labute approximate surface area is 78.8 Å². The van der Waals surface area contributed by atoms with Gasteiger partial charge >= 0.3 is 6.18 Å². The van der Waals surface area contributed by atoms with Gasteiger partial charge in [-0.25, -0.2) is 0 Å². The molecule has 0 aromatic heterocycles. The Balaban J connectivity index is 2.54. The molecule has 14 heavy (non-hydrogen) atoms. The molecule has 0 unspecified atom stereocenters. The predicted molar refractivity (Wildman–Crippen MR) is 46.7 cm³/mol. The van der Waals surface area contributed by atoms with Crippen LogP contribution in [-0.2, 0) is 0 Å². The Kier molecular flexibility index (Phi) is 3.01. The summed E-state index contributed by atoms with van der Waals surface area (Å²) in [6.45, 7) is 0. The summed E-state index contributed by atoms with van der Waals surface area (Å²) in [5, 5.41) is 0. The monoisotopic (exact) mass is 203 g/mol. The Morgan fingerprint density at radius 2 is 1.71 bits per heavy atom. The van der Waals surface area contributed by atoms with Crippen LogP contribution in [0.2, 0.25) is 0 Å². The highest BCUT2D eigenvalue weighted by atomic mass is 19.4. The van der Waals surface area contributed by atoms with E-state index in [0.717, 1.165) is 0 Å². The van der Waals surface area contributed by atoms with Gasteiger partial charge in [-0.2, -0.15) is 13.2 Å². The van der Waals surface area contributed by atoms with Gasteiger partial charge in [-0.05, 0) is 24.3 Å². The first-order valence-corrected chi connectivity index (χ1v) is 3.74. The molecule has 0 saturated heterocycles. The highest BCUT2D eigenvalue weighted by Crippen LogP contribution is 2.17. The van der Waals surface area contributed by atoms with Crippen molar-refractivity contribution < 1.29 is 17.9 Å². The summed E-state index contributed by atoms with van der Waals surface area (Å²) in [6, 6.07) is 6.04. The Morgan fingerprint density at radius 3 is 2.21 bits per heavy atom. The molecule has 0 atom stereocenters. The van der Waals surface area contributed by atoms with Crippen LogP contribution in [0, 0.1) is 0 Å². The zero-order chi connectivity index (χ0) is 10.6. The van der Waals surface area contributed by atoms with Crippen molar-refractivity contribution in [2.24, 2.45) is 0 Å². The molecule has 76 valence electrons. The molecule has 1 rings (SSSR count). The fourth-order valence-corrected chi connectivity index (χ4v) is 0.736. The second kappa shape index (κ2) is 4.04. The van der Waals surface area contributed by atoms with Gasteiger partial charge in [0.05, 0.1) is 12.3 Å². The minimum absolute atomic E-state index is 0.0172. The van der Waals surface area contributed by atoms with E-state index in [-0.39, 0.29) is 6.08 Å². The summed E-state index contributed by atoms with van der Waals surface area (Å²) < 4.78 is 39.6. The molecular weight excluding hydrogens is 195 g/mol. The number of ether oxygens (including phenoxy) is 1. The molecule has 0 heterocycles. The molecule has 0 fully saturated rings. The highest BCUT2D eigenvalue weighted by Gasteiger charge is 2.22. The number of hydrogen-bond donors (Lipinski definition) is 1. The van der Waals surface area contributed by atoms with Crippen molar-refractivity contribution in [3.8, 4) is 5.75 Å². The van der Waals surface area contributed by atoms with E-state index in [1.54, 1.807) is 0 Å². The quantitative estimate of drug-likeness (QED) is 0.592. The van der Waals surface area contributed by atoms with Crippen LogP contribution in [0.25, 0.3) is 0 Å². The molecule has 0 aliphatic heterocycles. The molecule has 1 aromatic carbocycles. The van der Waals surface area contributed by atoms with Crippen LogP contribution in [-0.4, -0.2) is 6.18 Å². The third-order valence-electron chi connectivity index (χ3n) is 1.34. The van der Waals surface area contributed by atoms with E-state index in [1.165, 1.54) is 24.3 Å². The van der Waals surface area contributed by atoms with E-state index in [2.05, 4.69) is 4.74 Å². The van der Waals surface area contributed by atoms with Crippen molar-refractivity contribution in [2.75, 3.05) is 5.73 Å². The number of halogens is 3. The number of anilines is 1. The molecule has 2 N–H and O–H groups in total. The second-order valence-corrected chi connectivity index (χ2v) is 2.53. The summed E-state index contributed by atoms with van der Waals surface area (Å²) >= 11 is 0. The maximum atomic E-state index is 11.6. The summed E-state index contributed by atoms with van der Waals surface area (Å²) in [5.74, 6) is 0.305. The summed E-state index contributed by atoms with van der Waals surface area (Å²) in [5.41, 5.74) is 5.90. The first kappa shape index (κ1) is 10.4. The van der Waals surface area contributed by atoms with Gasteiger partial charge in [-0.1, -0.05) is 0 Å². The summed E-state index contributed by atoms with van der Waals surface area (Å²) in [6.07, 6.45) is -3.75. The third kappa shape index (κ3) is 3.84. The van der Waals surface area contributed by atoms with Crippen LogP contribution in [0.4, 0.5) is 18.9 Å². The first-order valence-electron chi connectivity index (χ1n) is 3.74. The van der Waals surface area contributed by atoms with Gasteiger partial charge in [0.2, 0.25) is 0 Å². The number of nitrogen functional groups attached to an aromatic ring is 1. The van der Waals surface area contributed by atoms with Crippen molar-refractivity contribution >= 4 is 5.69 Å². The molecule has 2 nitrogen and oxygen atoms in total. The van der Waals surface area contributed by atoms with Gasteiger partial charge in [0, 0.05) is 5.69 Å². The Hall–Kier alpha value is -1.65. The minimum atomic E-state index is -4.35. The number of alkyl halides is 3. The largest absolute Gasteiger partial charge is 0.465 e. The van der Waals surface area contributed by atoms with Gasteiger partial charge in [0.25, 0.3) is 0 Å². The number of hydrogen-bond acceptors (Lipinski definition) is 2. The molecule has 5 heteroatoms. The summed E-state index contributed by atoms with van der Waals surface area (Å²) in [7, 11) is 0. The molecule has 0 aliphatic rings. The average Bonchev–Trinajstić information content (AvgIpc) is 2.06. The normalized spacial score (nSPS) is 11.9. The lowest BCUT2D eigenvalue weighted by atomic mass is 10.3. The standard InChI is InChI=1S/C9H8F3NO/c10-9(11,12)5-6-14-8-3-1-7(13)2-4-8/h1-6H,13H2/b6-5-. The van der Waals surface area contributed by atoms with Crippen LogP contribution < -0.4 is 10.5 Å². The maximum absolute atomic E-state index is 11.6. The van der Waals surface area contributed by atoms with Crippen LogP contribution in [0.15, 0.2) is 36.6 Å². The number of nitrogens with two attached hydrogens (primary N) is 1. The van der Waals surface area contributed by atoms with Gasteiger partial charge in [0.1, 0.15) is 5.75 Å². The molecule has 0 aliphatic carbocycles. The van der Waals surface area contributed by atoms with Gasteiger partial charge in [-0.3, -0.25) is 0 Å². The van der Waals surface area contributed by atoms with Crippen LogP contribution >= 0.6 is 0 Å². The maximum Gasteiger partial charge on any atom is 0.412 e. The molecule has 0 saturated carbocycles. The van der Waals surface area contributed by atoms with Crippen molar-refractivity contribution in [2.45, 2.75) is 6.18 Å². The number of benzene rings is 1. The Bertz CT molecular complexity index is 316. The lowest BCUT2D eigenvalue weighted by molar-refractivity contribution is -0.0809. The average molecular weight is 203 g/mol. The predicted octanol–water partition coefficient (Wildman–Crippen LogP) is 2.72. The topological polar surface area (TPSA) is 35.2 Å². The lowest BCUT2D eigenvalue weighted by Crippen LogP contribution is -2.01. The fraction of sp³-hybridized carbons (Fsp3) is 0.111.